The summed E-state index contributed by atoms with van der Waals surface area (Å²) >= 11 is 0. The van der Waals surface area contributed by atoms with Crippen LogP contribution in [-0.2, 0) is 9.59 Å². The normalized spacial score (nSPS) is 16.7. The van der Waals surface area contributed by atoms with Gasteiger partial charge in [-0.2, -0.15) is 0 Å². The van der Waals surface area contributed by atoms with E-state index in [1.807, 2.05) is 13.8 Å². The van der Waals surface area contributed by atoms with Gasteiger partial charge in [-0.25, -0.2) is 10.9 Å². The van der Waals surface area contributed by atoms with Crippen molar-refractivity contribution in [3.05, 3.63) is 0 Å². The van der Waals surface area contributed by atoms with Gasteiger partial charge in [0.2, 0.25) is 5.91 Å². The second-order valence-electron chi connectivity index (χ2n) is 3.48. The Bertz CT molecular complexity index is 211. The summed E-state index contributed by atoms with van der Waals surface area (Å²) in [5, 5.41) is 8.72. The van der Waals surface area contributed by atoms with E-state index in [4.69, 9.17) is 10.8 Å². The highest BCUT2D eigenvalue weighted by atomic mass is 16.3. The van der Waals surface area contributed by atoms with Gasteiger partial charge in [-0.1, -0.05) is 20.3 Å². The second kappa shape index (κ2) is 7.33. The van der Waals surface area contributed by atoms with Crippen molar-refractivity contribution in [2.45, 2.75) is 32.4 Å². The van der Waals surface area contributed by atoms with E-state index >= 15 is 0 Å². The molecular weight excluding hydrogens is 198 g/mol. The minimum atomic E-state index is -0.726. The van der Waals surface area contributed by atoms with Crippen molar-refractivity contribution in [2.75, 3.05) is 6.61 Å². The van der Waals surface area contributed by atoms with Crippen LogP contribution >= 0.6 is 0 Å². The monoisotopic (exact) mass is 217 g/mol. The quantitative estimate of drug-likeness (QED) is 0.294. The molecule has 1 amide bonds. The molecule has 0 aliphatic heterocycles. The van der Waals surface area contributed by atoms with Crippen LogP contribution in [0.5, 0.6) is 0 Å². The number of rotatable bonds is 8. The molecule has 15 heavy (non-hydrogen) atoms. The van der Waals surface area contributed by atoms with E-state index in [0.717, 1.165) is 6.42 Å². The van der Waals surface area contributed by atoms with Gasteiger partial charge in [-0.15, -0.1) is 0 Å². The standard InChI is InChI=1S/C9H19N3O3/c1-3-6(2)8(9(10)15)12-11-7(4-13)5-14/h4,6-8,11-12,14H,3,5H2,1-2H3,(H2,10,15)/t6-,7+,8?/m0/s1. The number of nitrogens with one attached hydrogen (secondary N) is 2. The maximum absolute atomic E-state index is 11.1. The molecule has 0 saturated carbocycles. The highest BCUT2D eigenvalue weighted by molar-refractivity contribution is 5.80. The summed E-state index contributed by atoms with van der Waals surface area (Å²) < 4.78 is 0. The second-order valence-corrected chi connectivity index (χ2v) is 3.48. The molecule has 0 aromatic heterocycles. The Morgan fingerprint density at radius 3 is 2.47 bits per heavy atom. The maximum Gasteiger partial charge on any atom is 0.236 e. The molecule has 0 aromatic carbocycles. The average Bonchev–Trinajstić information content (AvgIpc) is 2.23. The lowest BCUT2D eigenvalue weighted by molar-refractivity contribution is -0.122. The molecule has 0 rings (SSSR count). The molecule has 3 atom stereocenters. The van der Waals surface area contributed by atoms with E-state index in [0.29, 0.717) is 6.29 Å². The third kappa shape index (κ3) is 4.87. The molecule has 0 saturated heterocycles. The molecule has 5 N–H and O–H groups in total. The van der Waals surface area contributed by atoms with Crippen molar-refractivity contribution in [1.82, 2.24) is 10.9 Å². The Balaban J connectivity index is 4.17. The van der Waals surface area contributed by atoms with E-state index in [-0.39, 0.29) is 12.5 Å². The molecule has 0 bridgehead atoms. The average molecular weight is 217 g/mol. The number of hydrogen-bond acceptors (Lipinski definition) is 5. The van der Waals surface area contributed by atoms with Gasteiger partial charge in [-0.05, 0) is 5.92 Å². The third-order valence-electron chi connectivity index (χ3n) is 2.30. The lowest BCUT2D eigenvalue weighted by Gasteiger charge is -2.23. The molecule has 0 aromatic rings. The molecule has 6 nitrogen and oxygen atoms in total. The summed E-state index contributed by atoms with van der Waals surface area (Å²) in [4.78, 5) is 21.4. The number of amides is 1. The number of aldehydes is 1. The Labute approximate surface area is 89.2 Å². The maximum atomic E-state index is 11.1. The summed E-state index contributed by atoms with van der Waals surface area (Å²) in [7, 11) is 0. The van der Waals surface area contributed by atoms with Gasteiger partial charge in [0.25, 0.3) is 0 Å². The molecule has 0 radical (unpaired) electrons. The Kier molecular flexibility index (Phi) is 6.85. The zero-order valence-electron chi connectivity index (χ0n) is 9.06. The number of carbonyl (C=O) groups excluding carboxylic acids is 2. The van der Waals surface area contributed by atoms with Crippen molar-refractivity contribution >= 4 is 12.2 Å². The number of aliphatic hydroxyl groups is 1. The highest BCUT2D eigenvalue weighted by Gasteiger charge is 2.21. The van der Waals surface area contributed by atoms with Crippen LogP contribution in [0.25, 0.3) is 0 Å². The minimum absolute atomic E-state index is 0.0565. The summed E-state index contributed by atoms with van der Waals surface area (Å²) in [6.45, 7) is 3.48. The Morgan fingerprint density at radius 1 is 1.53 bits per heavy atom. The smallest absolute Gasteiger partial charge is 0.236 e. The van der Waals surface area contributed by atoms with Crippen molar-refractivity contribution in [1.29, 1.82) is 0 Å². The van der Waals surface area contributed by atoms with Crippen LogP contribution in [0.1, 0.15) is 20.3 Å². The summed E-state index contributed by atoms with van der Waals surface area (Å²) in [6.07, 6.45) is 1.34. The first kappa shape index (κ1) is 14.0. The zero-order valence-corrected chi connectivity index (χ0v) is 9.06. The van der Waals surface area contributed by atoms with Gasteiger partial charge >= 0.3 is 0 Å². The predicted molar refractivity (Wildman–Crippen MR) is 55.6 cm³/mol. The van der Waals surface area contributed by atoms with Crippen molar-refractivity contribution < 1.29 is 14.7 Å². The van der Waals surface area contributed by atoms with Crippen LogP contribution in [0.4, 0.5) is 0 Å². The van der Waals surface area contributed by atoms with Crippen LogP contribution in [0.3, 0.4) is 0 Å². The van der Waals surface area contributed by atoms with E-state index in [1.54, 1.807) is 0 Å². The molecule has 0 heterocycles. The van der Waals surface area contributed by atoms with Gasteiger partial charge in [0, 0.05) is 0 Å². The van der Waals surface area contributed by atoms with Gasteiger partial charge in [0.1, 0.15) is 12.3 Å². The van der Waals surface area contributed by atoms with Gasteiger partial charge in [-0.3, -0.25) is 4.79 Å². The summed E-state index contributed by atoms with van der Waals surface area (Å²) in [6, 6.07) is -1.28. The fourth-order valence-corrected chi connectivity index (χ4v) is 1.05. The minimum Gasteiger partial charge on any atom is -0.394 e. The number of nitrogens with two attached hydrogens (primary N) is 1. The van der Waals surface area contributed by atoms with Crippen LogP contribution in [0.15, 0.2) is 0 Å². The van der Waals surface area contributed by atoms with Gasteiger partial charge in [0.15, 0.2) is 0 Å². The van der Waals surface area contributed by atoms with Crippen molar-refractivity contribution in [3.63, 3.8) is 0 Å². The first-order valence-electron chi connectivity index (χ1n) is 4.93. The number of primary amides is 1. The van der Waals surface area contributed by atoms with Crippen molar-refractivity contribution in [2.24, 2.45) is 11.7 Å². The fraction of sp³-hybridized carbons (Fsp3) is 0.778. The summed E-state index contributed by atoms with van der Waals surface area (Å²) in [5.74, 6) is -0.430. The van der Waals surface area contributed by atoms with Gasteiger partial charge < -0.3 is 15.6 Å². The van der Waals surface area contributed by atoms with E-state index in [9.17, 15) is 9.59 Å². The topological polar surface area (TPSA) is 104 Å². The number of hydrogen-bond donors (Lipinski definition) is 4. The van der Waals surface area contributed by atoms with Crippen LogP contribution < -0.4 is 16.6 Å². The van der Waals surface area contributed by atoms with Gasteiger partial charge in [0.05, 0.1) is 12.6 Å². The summed E-state index contributed by atoms with van der Waals surface area (Å²) in [5.41, 5.74) is 10.4. The van der Waals surface area contributed by atoms with Crippen LogP contribution in [-0.4, -0.2) is 36.0 Å². The molecule has 0 aliphatic rings. The molecule has 0 aliphatic carbocycles. The number of hydrazine groups is 1. The molecular formula is C9H19N3O3. The first-order valence-corrected chi connectivity index (χ1v) is 4.93. The number of carbonyl (C=O) groups is 2. The number of aliphatic hydroxyl groups excluding tert-OH is 1. The van der Waals surface area contributed by atoms with E-state index in [1.165, 1.54) is 0 Å². The van der Waals surface area contributed by atoms with E-state index in [2.05, 4.69) is 10.9 Å². The molecule has 88 valence electrons. The first-order chi connectivity index (χ1) is 7.06. The SMILES string of the molecule is CC[C@H](C)C(NN[C@H](C=O)CO)C(N)=O. The van der Waals surface area contributed by atoms with E-state index < -0.39 is 18.0 Å². The Hall–Kier alpha value is -0.980. The molecule has 1 unspecified atom stereocenters. The predicted octanol–water partition coefficient (Wildman–Crippen LogP) is -1.46. The Morgan fingerprint density at radius 2 is 2.13 bits per heavy atom. The van der Waals surface area contributed by atoms with Crippen molar-refractivity contribution in [3.8, 4) is 0 Å². The highest BCUT2D eigenvalue weighted by Crippen LogP contribution is 2.06. The van der Waals surface area contributed by atoms with Crippen LogP contribution in [0, 0.1) is 5.92 Å². The molecule has 0 fully saturated rings. The largest absolute Gasteiger partial charge is 0.394 e. The fourth-order valence-electron chi connectivity index (χ4n) is 1.05. The lowest BCUT2D eigenvalue weighted by Crippen LogP contribution is -2.55. The molecule has 6 heteroatoms. The lowest BCUT2D eigenvalue weighted by atomic mass is 9.99. The zero-order chi connectivity index (χ0) is 11.8. The van der Waals surface area contributed by atoms with Crippen LogP contribution in [0.2, 0.25) is 0 Å². The third-order valence-corrected chi connectivity index (χ3v) is 2.30. The molecule has 0 spiro atoms.